The maximum Gasteiger partial charge on any atom is 0.333 e. The van der Waals surface area contributed by atoms with E-state index in [1.807, 2.05) is 18.7 Å². The van der Waals surface area contributed by atoms with E-state index in [0.29, 0.717) is 13.0 Å². The quantitative estimate of drug-likeness (QED) is 0.246. The van der Waals surface area contributed by atoms with E-state index in [9.17, 15) is 17.8 Å². The molecule has 1 unspecified atom stereocenters. The highest BCUT2D eigenvalue weighted by Crippen LogP contribution is 2.20. The first-order chi connectivity index (χ1) is 10.6. The summed E-state index contributed by atoms with van der Waals surface area (Å²) in [5, 5.41) is 0. The molecule has 0 aliphatic rings. The van der Waals surface area contributed by atoms with E-state index in [4.69, 9.17) is 9.47 Å². The van der Waals surface area contributed by atoms with Crippen LogP contribution in [0.3, 0.4) is 0 Å². The molecule has 0 aliphatic carbocycles. The van der Waals surface area contributed by atoms with Gasteiger partial charge in [0.1, 0.15) is 12.4 Å². The number of rotatable bonds is 12. The standard InChI is InChI=1S/C15H29NO6S/c1-6-15(12-23(18,19)20,11-16(7-2)8-3)22-10-9-21-14(17)13(4)5/h4,6-12H2,1-3,5H3,(H,18,19,20). The third-order valence-corrected chi connectivity index (χ3v) is 4.46. The average Bonchev–Trinajstić information content (AvgIpc) is 2.46. The number of likely N-dealkylation sites (N-methyl/N-ethyl adjacent to an activating group) is 1. The molecule has 0 radical (unpaired) electrons. The molecule has 23 heavy (non-hydrogen) atoms. The summed E-state index contributed by atoms with van der Waals surface area (Å²) >= 11 is 0. The summed E-state index contributed by atoms with van der Waals surface area (Å²) in [5.41, 5.74) is -0.761. The van der Waals surface area contributed by atoms with Crippen molar-refractivity contribution < 1.29 is 27.2 Å². The van der Waals surface area contributed by atoms with Gasteiger partial charge in [0.2, 0.25) is 0 Å². The van der Waals surface area contributed by atoms with Crippen LogP contribution in [-0.4, -0.2) is 68.0 Å². The Morgan fingerprint density at radius 2 is 1.78 bits per heavy atom. The van der Waals surface area contributed by atoms with E-state index < -0.39 is 27.4 Å². The number of carbonyl (C=O) groups excluding carboxylic acids is 1. The summed E-state index contributed by atoms with van der Waals surface area (Å²) in [5.74, 6) is -1.02. The highest BCUT2D eigenvalue weighted by molar-refractivity contribution is 7.85. The molecule has 8 heteroatoms. The third kappa shape index (κ3) is 9.04. The van der Waals surface area contributed by atoms with Crippen molar-refractivity contribution in [2.45, 2.75) is 39.7 Å². The van der Waals surface area contributed by atoms with Crippen molar-refractivity contribution in [1.82, 2.24) is 4.90 Å². The minimum Gasteiger partial charge on any atom is -0.460 e. The molecule has 1 atom stereocenters. The second-order valence-electron chi connectivity index (χ2n) is 5.49. The lowest BCUT2D eigenvalue weighted by molar-refractivity contribution is -0.143. The lowest BCUT2D eigenvalue weighted by atomic mass is 10.0. The molecule has 0 heterocycles. The first kappa shape index (κ1) is 22.0. The van der Waals surface area contributed by atoms with Crippen LogP contribution in [0.15, 0.2) is 12.2 Å². The molecule has 0 saturated heterocycles. The van der Waals surface area contributed by atoms with Crippen LogP contribution < -0.4 is 0 Å². The Labute approximate surface area is 139 Å². The summed E-state index contributed by atoms with van der Waals surface area (Å²) in [4.78, 5) is 13.3. The van der Waals surface area contributed by atoms with E-state index in [2.05, 4.69) is 6.58 Å². The van der Waals surface area contributed by atoms with Gasteiger partial charge in [0.05, 0.1) is 12.2 Å². The van der Waals surface area contributed by atoms with E-state index >= 15 is 0 Å². The Bertz CT molecular complexity index is 486. The van der Waals surface area contributed by atoms with Crippen molar-refractivity contribution in [1.29, 1.82) is 0 Å². The van der Waals surface area contributed by atoms with Gasteiger partial charge in [0.15, 0.2) is 0 Å². The summed E-state index contributed by atoms with van der Waals surface area (Å²) in [6, 6.07) is 0. The third-order valence-electron chi connectivity index (χ3n) is 3.57. The molecule has 0 aromatic carbocycles. The number of ether oxygens (including phenoxy) is 2. The molecule has 0 saturated carbocycles. The zero-order chi connectivity index (χ0) is 18.1. The van der Waals surface area contributed by atoms with E-state index in [0.717, 1.165) is 13.1 Å². The van der Waals surface area contributed by atoms with Crippen LogP contribution in [0.1, 0.15) is 34.1 Å². The predicted molar refractivity (Wildman–Crippen MR) is 89.0 cm³/mol. The topological polar surface area (TPSA) is 93.1 Å². The fraction of sp³-hybridized carbons (Fsp3) is 0.800. The van der Waals surface area contributed by atoms with Gasteiger partial charge in [-0.05, 0) is 26.4 Å². The van der Waals surface area contributed by atoms with Gasteiger partial charge in [-0.1, -0.05) is 27.4 Å². The normalized spacial score (nSPS) is 14.5. The van der Waals surface area contributed by atoms with Crippen LogP contribution in [0.4, 0.5) is 0 Å². The van der Waals surface area contributed by atoms with Crippen LogP contribution in [0.5, 0.6) is 0 Å². The molecule has 0 spiro atoms. The van der Waals surface area contributed by atoms with Crippen LogP contribution >= 0.6 is 0 Å². The van der Waals surface area contributed by atoms with Gasteiger partial charge in [-0.15, -0.1) is 0 Å². The van der Waals surface area contributed by atoms with Crippen LogP contribution in [0.2, 0.25) is 0 Å². The summed E-state index contributed by atoms with van der Waals surface area (Å²) < 4.78 is 42.6. The van der Waals surface area contributed by atoms with Crippen molar-refractivity contribution >= 4 is 16.1 Å². The van der Waals surface area contributed by atoms with Crippen LogP contribution in [-0.2, 0) is 24.4 Å². The number of esters is 1. The van der Waals surface area contributed by atoms with Crippen molar-refractivity contribution in [3.05, 3.63) is 12.2 Å². The largest absolute Gasteiger partial charge is 0.460 e. The van der Waals surface area contributed by atoms with Gasteiger partial charge in [0.25, 0.3) is 10.1 Å². The van der Waals surface area contributed by atoms with Crippen molar-refractivity contribution in [3.8, 4) is 0 Å². The first-order valence-electron chi connectivity index (χ1n) is 7.73. The molecule has 136 valence electrons. The summed E-state index contributed by atoms with van der Waals surface area (Å²) in [7, 11) is -4.20. The summed E-state index contributed by atoms with van der Waals surface area (Å²) in [6.07, 6.45) is 0.401. The SMILES string of the molecule is C=C(C)C(=O)OCCOC(CC)(CN(CC)CC)CS(=O)(=O)O. The average molecular weight is 351 g/mol. The Balaban J connectivity index is 4.89. The molecular weight excluding hydrogens is 322 g/mol. The van der Waals surface area contributed by atoms with Crippen LogP contribution in [0.25, 0.3) is 0 Å². The van der Waals surface area contributed by atoms with E-state index in [1.54, 1.807) is 6.92 Å². The van der Waals surface area contributed by atoms with E-state index in [1.165, 1.54) is 6.92 Å². The van der Waals surface area contributed by atoms with Gasteiger partial charge < -0.3 is 14.4 Å². The second kappa shape index (κ2) is 10.0. The highest BCUT2D eigenvalue weighted by atomic mass is 32.2. The smallest absolute Gasteiger partial charge is 0.333 e. The van der Waals surface area contributed by atoms with Gasteiger partial charge in [-0.2, -0.15) is 8.42 Å². The number of hydrogen-bond acceptors (Lipinski definition) is 6. The van der Waals surface area contributed by atoms with Gasteiger partial charge >= 0.3 is 5.97 Å². The molecule has 0 bridgehead atoms. The molecule has 0 aromatic heterocycles. The lowest BCUT2D eigenvalue weighted by Crippen LogP contribution is -2.50. The Kier molecular flexibility index (Phi) is 9.60. The zero-order valence-electron chi connectivity index (χ0n) is 14.5. The maximum atomic E-state index is 11.4. The predicted octanol–water partition coefficient (Wildman–Crippen LogP) is 1.50. The molecule has 1 N–H and O–H groups in total. The monoisotopic (exact) mass is 351 g/mol. The maximum absolute atomic E-state index is 11.4. The van der Waals surface area contributed by atoms with Crippen molar-refractivity contribution in [2.75, 3.05) is 38.6 Å². The second-order valence-corrected chi connectivity index (χ2v) is 6.94. The Morgan fingerprint density at radius 1 is 1.22 bits per heavy atom. The Hall–Kier alpha value is -0.960. The first-order valence-corrected chi connectivity index (χ1v) is 9.34. The van der Waals surface area contributed by atoms with Crippen molar-refractivity contribution in [2.24, 2.45) is 0 Å². The Morgan fingerprint density at radius 3 is 2.17 bits per heavy atom. The highest BCUT2D eigenvalue weighted by Gasteiger charge is 2.36. The fourth-order valence-corrected chi connectivity index (χ4v) is 3.20. The summed E-state index contributed by atoms with van der Waals surface area (Å²) in [6.45, 7) is 12.6. The zero-order valence-corrected chi connectivity index (χ0v) is 15.3. The number of hydrogen-bond donors (Lipinski definition) is 1. The minimum absolute atomic E-state index is 0.00281. The van der Waals surface area contributed by atoms with Crippen LogP contribution in [0, 0.1) is 0 Å². The van der Waals surface area contributed by atoms with Gasteiger partial charge in [0, 0.05) is 12.1 Å². The molecule has 0 aromatic rings. The molecular formula is C15H29NO6S. The molecule has 0 rings (SSSR count). The molecule has 7 nitrogen and oxygen atoms in total. The fourth-order valence-electron chi connectivity index (χ4n) is 2.15. The number of carbonyl (C=O) groups is 1. The molecule has 0 amide bonds. The lowest BCUT2D eigenvalue weighted by Gasteiger charge is -2.36. The molecule has 0 fully saturated rings. The van der Waals surface area contributed by atoms with Crippen molar-refractivity contribution in [3.63, 3.8) is 0 Å². The van der Waals surface area contributed by atoms with Gasteiger partial charge in [-0.3, -0.25) is 4.55 Å². The molecule has 0 aliphatic heterocycles. The van der Waals surface area contributed by atoms with Gasteiger partial charge in [-0.25, -0.2) is 4.79 Å². The minimum atomic E-state index is -4.20. The number of nitrogens with zero attached hydrogens (tertiary/aromatic N) is 1. The van der Waals surface area contributed by atoms with E-state index in [-0.39, 0.29) is 18.8 Å².